The quantitative estimate of drug-likeness (QED) is 0.461. The van der Waals surface area contributed by atoms with E-state index >= 15 is 0 Å². The summed E-state index contributed by atoms with van der Waals surface area (Å²) in [6.07, 6.45) is 4.75. The molecule has 0 spiro atoms. The molecular weight excluding hydrogens is 230 g/mol. The van der Waals surface area contributed by atoms with E-state index in [0.717, 1.165) is 13.0 Å². The molecular formula is C13H19N3O2. The van der Waals surface area contributed by atoms with Crippen LogP contribution in [0.15, 0.2) is 18.2 Å². The van der Waals surface area contributed by atoms with Crippen LogP contribution in [0.5, 0.6) is 0 Å². The van der Waals surface area contributed by atoms with Gasteiger partial charge in [0.15, 0.2) is 0 Å². The van der Waals surface area contributed by atoms with Crippen LogP contribution >= 0.6 is 0 Å². The molecule has 0 heterocycles. The lowest BCUT2D eigenvalue weighted by molar-refractivity contribution is -0.383. The number of nitrogens with one attached hydrogen (secondary N) is 1. The van der Waals surface area contributed by atoms with Gasteiger partial charge in [-0.2, -0.15) is 0 Å². The first kappa shape index (κ1) is 12.7. The molecule has 0 atom stereocenters. The Hall–Kier alpha value is -1.78. The number of nitro groups is 1. The normalized spacial score (nSPS) is 16.3. The van der Waals surface area contributed by atoms with E-state index in [2.05, 4.69) is 12.2 Å². The summed E-state index contributed by atoms with van der Waals surface area (Å²) >= 11 is 0. The minimum absolute atomic E-state index is 0.00945. The van der Waals surface area contributed by atoms with Crippen molar-refractivity contribution in [1.29, 1.82) is 0 Å². The van der Waals surface area contributed by atoms with E-state index in [0.29, 0.717) is 11.1 Å². The predicted molar refractivity (Wildman–Crippen MR) is 72.6 cm³/mol. The Bertz CT molecular complexity index is 456. The number of benzene rings is 1. The van der Waals surface area contributed by atoms with Gasteiger partial charge in [-0.15, -0.1) is 0 Å². The van der Waals surface area contributed by atoms with Crippen LogP contribution < -0.4 is 11.1 Å². The van der Waals surface area contributed by atoms with Gasteiger partial charge in [0, 0.05) is 6.54 Å². The second kappa shape index (κ2) is 4.84. The molecule has 2 rings (SSSR count). The van der Waals surface area contributed by atoms with E-state index in [1.807, 2.05) is 0 Å². The first-order valence-electron chi connectivity index (χ1n) is 6.35. The zero-order valence-electron chi connectivity index (χ0n) is 10.6. The van der Waals surface area contributed by atoms with Gasteiger partial charge in [-0.05, 0) is 36.8 Å². The lowest BCUT2D eigenvalue weighted by Gasteiger charge is -2.16. The first-order valence-corrected chi connectivity index (χ1v) is 6.35. The monoisotopic (exact) mass is 249 g/mol. The number of nitro benzene ring substituents is 1. The molecule has 1 saturated carbocycles. The zero-order chi connectivity index (χ0) is 13.2. The molecule has 0 bridgehead atoms. The highest BCUT2D eigenvalue weighted by atomic mass is 16.6. The van der Waals surface area contributed by atoms with Gasteiger partial charge in [-0.1, -0.05) is 19.4 Å². The van der Waals surface area contributed by atoms with E-state index in [-0.39, 0.29) is 11.4 Å². The summed E-state index contributed by atoms with van der Waals surface area (Å²) in [7, 11) is 0. The highest BCUT2D eigenvalue weighted by Gasteiger charge is 2.41. The Balaban J connectivity index is 2.10. The first-order chi connectivity index (χ1) is 8.58. The van der Waals surface area contributed by atoms with E-state index in [4.69, 9.17) is 5.73 Å². The van der Waals surface area contributed by atoms with E-state index < -0.39 is 4.92 Å². The van der Waals surface area contributed by atoms with E-state index in [1.165, 1.54) is 19.3 Å². The summed E-state index contributed by atoms with van der Waals surface area (Å²) in [6, 6.07) is 5.02. The maximum absolute atomic E-state index is 11.0. The van der Waals surface area contributed by atoms with Gasteiger partial charge < -0.3 is 11.1 Å². The van der Waals surface area contributed by atoms with Gasteiger partial charge in [-0.25, -0.2) is 0 Å². The van der Waals surface area contributed by atoms with Crippen LogP contribution in [0.4, 0.5) is 17.1 Å². The Morgan fingerprint density at radius 1 is 1.50 bits per heavy atom. The smallest absolute Gasteiger partial charge is 0.314 e. The number of nitrogens with two attached hydrogens (primary N) is 1. The summed E-state index contributed by atoms with van der Waals surface area (Å²) in [5.74, 6) is 0. The Labute approximate surface area is 107 Å². The van der Waals surface area contributed by atoms with Gasteiger partial charge in [0.25, 0.3) is 0 Å². The molecule has 0 saturated heterocycles. The van der Waals surface area contributed by atoms with Crippen LogP contribution in [-0.2, 0) is 0 Å². The third-order valence-corrected chi connectivity index (χ3v) is 3.64. The molecule has 5 heteroatoms. The van der Waals surface area contributed by atoms with Gasteiger partial charge in [-0.3, -0.25) is 10.1 Å². The Morgan fingerprint density at radius 2 is 2.22 bits per heavy atom. The fraction of sp³-hybridized carbons (Fsp3) is 0.538. The number of hydrogen-bond donors (Lipinski definition) is 2. The molecule has 1 aliphatic rings. The average Bonchev–Trinajstić information content (AvgIpc) is 3.07. The van der Waals surface area contributed by atoms with Crippen LogP contribution in [0.1, 0.15) is 32.6 Å². The van der Waals surface area contributed by atoms with Crippen LogP contribution in [0.3, 0.4) is 0 Å². The fourth-order valence-electron chi connectivity index (χ4n) is 2.41. The van der Waals surface area contributed by atoms with Crippen molar-refractivity contribution in [3.63, 3.8) is 0 Å². The molecule has 1 aromatic carbocycles. The molecule has 98 valence electrons. The lowest BCUT2D eigenvalue weighted by Crippen LogP contribution is -2.16. The molecule has 1 aromatic rings. The van der Waals surface area contributed by atoms with E-state index in [1.54, 1.807) is 18.2 Å². The molecule has 18 heavy (non-hydrogen) atoms. The third-order valence-electron chi connectivity index (χ3n) is 3.64. The Morgan fingerprint density at radius 3 is 2.78 bits per heavy atom. The van der Waals surface area contributed by atoms with Crippen molar-refractivity contribution in [2.24, 2.45) is 5.41 Å². The minimum atomic E-state index is -0.420. The maximum Gasteiger partial charge on any atom is 0.314 e. The van der Waals surface area contributed by atoms with Crippen LogP contribution in [0.2, 0.25) is 0 Å². The SMILES string of the molecule is CCCC1(CNc2cccc(N)c2[N+](=O)[O-])CC1. The topological polar surface area (TPSA) is 81.2 Å². The average molecular weight is 249 g/mol. The number of nitrogens with zero attached hydrogens (tertiary/aromatic N) is 1. The number of rotatable bonds is 6. The molecule has 0 aromatic heterocycles. The maximum atomic E-state index is 11.0. The Kier molecular flexibility index (Phi) is 3.41. The largest absolute Gasteiger partial charge is 0.393 e. The molecule has 0 amide bonds. The molecule has 0 radical (unpaired) electrons. The second-order valence-electron chi connectivity index (χ2n) is 5.10. The van der Waals surface area contributed by atoms with Crippen molar-refractivity contribution in [2.75, 3.05) is 17.6 Å². The van der Waals surface area contributed by atoms with Crippen LogP contribution in [0, 0.1) is 15.5 Å². The highest BCUT2D eigenvalue weighted by Crippen LogP contribution is 2.49. The molecule has 3 N–H and O–H groups in total. The molecule has 1 aliphatic carbocycles. The predicted octanol–water partition coefficient (Wildman–Crippen LogP) is 3.17. The standard InChI is InChI=1S/C13H19N3O2/c1-2-6-13(7-8-13)9-15-11-5-3-4-10(14)12(11)16(17)18/h3-5,15H,2,6-9,14H2,1H3. The van der Waals surface area contributed by atoms with Crippen LogP contribution in [0.25, 0.3) is 0 Å². The third kappa shape index (κ3) is 2.55. The highest BCUT2D eigenvalue weighted by molar-refractivity contribution is 5.74. The number of para-hydroxylation sites is 1. The zero-order valence-corrected chi connectivity index (χ0v) is 10.6. The number of anilines is 2. The summed E-state index contributed by atoms with van der Waals surface area (Å²) in [4.78, 5) is 10.6. The van der Waals surface area contributed by atoms with Crippen LogP contribution in [-0.4, -0.2) is 11.5 Å². The molecule has 5 nitrogen and oxygen atoms in total. The summed E-state index contributed by atoms with van der Waals surface area (Å²) in [5, 5.41) is 14.2. The van der Waals surface area contributed by atoms with Gasteiger partial charge in [0.2, 0.25) is 0 Å². The van der Waals surface area contributed by atoms with Gasteiger partial charge in [0.05, 0.1) is 4.92 Å². The summed E-state index contributed by atoms with van der Waals surface area (Å²) in [6.45, 7) is 2.97. The van der Waals surface area contributed by atoms with Crippen molar-refractivity contribution >= 4 is 17.1 Å². The summed E-state index contributed by atoms with van der Waals surface area (Å²) in [5.41, 5.74) is 6.74. The molecule has 0 aliphatic heterocycles. The van der Waals surface area contributed by atoms with Gasteiger partial charge >= 0.3 is 5.69 Å². The number of nitrogen functional groups attached to an aromatic ring is 1. The summed E-state index contributed by atoms with van der Waals surface area (Å²) < 4.78 is 0. The fourth-order valence-corrected chi connectivity index (χ4v) is 2.41. The molecule has 1 fully saturated rings. The van der Waals surface area contributed by atoms with Gasteiger partial charge in [0.1, 0.15) is 11.4 Å². The lowest BCUT2D eigenvalue weighted by atomic mass is 10.0. The minimum Gasteiger partial charge on any atom is -0.393 e. The van der Waals surface area contributed by atoms with E-state index in [9.17, 15) is 10.1 Å². The van der Waals surface area contributed by atoms with Crippen molar-refractivity contribution in [3.8, 4) is 0 Å². The second-order valence-corrected chi connectivity index (χ2v) is 5.10. The molecule has 0 unspecified atom stereocenters. The number of hydrogen-bond acceptors (Lipinski definition) is 4. The van der Waals surface area contributed by atoms with Crippen molar-refractivity contribution in [3.05, 3.63) is 28.3 Å². The van der Waals surface area contributed by atoms with Crippen molar-refractivity contribution in [1.82, 2.24) is 0 Å². The van der Waals surface area contributed by atoms with Crippen molar-refractivity contribution in [2.45, 2.75) is 32.6 Å². The van der Waals surface area contributed by atoms with Crippen molar-refractivity contribution < 1.29 is 4.92 Å².